The van der Waals surface area contributed by atoms with Crippen molar-refractivity contribution in [1.29, 1.82) is 0 Å². The fraction of sp³-hybridized carbons (Fsp3) is 0.733. The summed E-state index contributed by atoms with van der Waals surface area (Å²) in [5, 5.41) is 3.54. The molecule has 18 heavy (non-hydrogen) atoms. The van der Waals surface area contributed by atoms with Crippen molar-refractivity contribution in [1.82, 2.24) is 10.2 Å². The lowest BCUT2D eigenvalue weighted by atomic mass is 10.2. The average Bonchev–Trinajstić information content (AvgIpc) is 2.88. The fourth-order valence-electron chi connectivity index (χ4n) is 2.12. The molecule has 104 valence electrons. The van der Waals surface area contributed by atoms with Crippen LogP contribution in [-0.2, 0) is 6.54 Å². The molecule has 1 aromatic rings. The van der Waals surface area contributed by atoms with Crippen molar-refractivity contribution in [3.63, 3.8) is 0 Å². The van der Waals surface area contributed by atoms with E-state index in [1.165, 1.54) is 19.3 Å². The molecular formula is C15H28N2O. The molecule has 3 nitrogen and oxygen atoms in total. The molecule has 1 rings (SSSR count). The van der Waals surface area contributed by atoms with Crippen LogP contribution in [0.3, 0.4) is 0 Å². The van der Waals surface area contributed by atoms with Crippen LogP contribution < -0.4 is 5.32 Å². The van der Waals surface area contributed by atoms with Crippen LogP contribution in [0.15, 0.2) is 22.8 Å². The van der Waals surface area contributed by atoms with E-state index < -0.39 is 0 Å². The second-order valence-corrected chi connectivity index (χ2v) is 4.90. The highest BCUT2D eigenvalue weighted by atomic mass is 16.3. The molecule has 0 fully saturated rings. The van der Waals surface area contributed by atoms with E-state index in [2.05, 4.69) is 31.0 Å². The summed E-state index contributed by atoms with van der Waals surface area (Å²) in [6.07, 6.45) is 5.65. The molecule has 0 aliphatic heterocycles. The zero-order chi connectivity index (χ0) is 13.2. The summed E-state index contributed by atoms with van der Waals surface area (Å²) in [4.78, 5) is 2.44. The van der Waals surface area contributed by atoms with Crippen molar-refractivity contribution in [2.45, 2.75) is 52.6 Å². The summed E-state index contributed by atoms with van der Waals surface area (Å²) in [5.74, 6) is 1.05. The lowest BCUT2D eigenvalue weighted by Crippen LogP contribution is -2.40. The quantitative estimate of drug-likeness (QED) is 0.648. The van der Waals surface area contributed by atoms with E-state index in [-0.39, 0.29) is 0 Å². The Labute approximate surface area is 112 Å². The molecule has 0 aliphatic rings. The zero-order valence-electron chi connectivity index (χ0n) is 12.1. The Morgan fingerprint density at radius 3 is 2.78 bits per heavy atom. The first-order chi connectivity index (χ1) is 8.77. The third-order valence-corrected chi connectivity index (χ3v) is 3.37. The largest absolute Gasteiger partial charge is 0.468 e. The SMILES string of the molecule is CCCCCNCC(C)N(CC)Cc1ccco1. The van der Waals surface area contributed by atoms with Crippen LogP contribution in [-0.4, -0.2) is 30.6 Å². The van der Waals surface area contributed by atoms with E-state index in [0.29, 0.717) is 6.04 Å². The molecule has 0 aromatic carbocycles. The summed E-state index contributed by atoms with van der Waals surface area (Å²) in [6, 6.07) is 4.54. The molecule has 1 N–H and O–H groups in total. The van der Waals surface area contributed by atoms with Crippen molar-refractivity contribution in [2.24, 2.45) is 0 Å². The van der Waals surface area contributed by atoms with Gasteiger partial charge in [0.05, 0.1) is 12.8 Å². The molecule has 0 saturated heterocycles. The molecule has 0 saturated carbocycles. The van der Waals surface area contributed by atoms with Gasteiger partial charge in [0, 0.05) is 12.6 Å². The van der Waals surface area contributed by atoms with Gasteiger partial charge in [-0.05, 0) is 38.6 Å². The first-order valence-electron chi connectivity index (χ1n) is 7.25. The van der Waals surface area contributed by atoms with Crippen LogP contribution in [0.4, 0.5) is 0 Å². The van der Waals surface area contributed by atoms with Gasteiger partial charge in [-0.2, -0.15) is 0 Å². The van der Waals surface area contributed by atoms with Crippen molar-refractivity contribution < 1.29 is 4.42 Å². The van der Waals surface area contributed by atoms with Gasteiger partial charge in [0.1, 0.15) is 5.76 Å². The summed E-state index contributed by atoms with van der Waals surface area (Å²) >= 11 is 0. The number of rotatable bonds is 10. The molecule has 0 aliphatic carbocycles. The molecule has 3 heteroatoms. The predicted molar refractivity (Wildman–Crippen MR) is 76.6 cm³/mol. The van der Waals surface area contributed by atoms with Crippen LogP contribution in [0.25, 0.3) is 0 Å². The number of nitrogens with zero attached hydrogens (tertiary/aromatic N) is 1. The Morgan fingerprint density at radius 1 is 1.33 bits per heavy atom. The van der Waals surface area contributed by atoms with Gasteiger partial charge in [-0.15, -0.1) is 0 Å². The summed E-state index contributed by atoms with van der Waals surface area (Å²) in [6.45, 7) is 10.9. The lowest BCUT2D eigenvalue weighted by molar-refractivity contribution is 0.191. The zero-order valence-corrected chi connectivity index (χ0v) is 12.1. The van der Waals surface area contributed by atoms with Gasteiger partial charge in [-0.1, -0.05) is 26.7 Å². The fourth-order valence-corrected chi connectivity index (χ4v) is 2.12. The second kappa shape index (κ2) is 9.17. The second-order valence-electron chi connectivity index (χ2n) is 4.90. The van der Waals surface area contributed by atoms with Crippen LogP contribution in [0.5, 0.6) is 0 Å². The monoisotopic (exact) mass is 252 g/mol. The number of likely N-dealkylation sites (N-methyl/N-ethyl adjacent to an activating group) is 1. The normalized spacial score (nSPS) is 13.1. The van der Waals surface area contributed by atoms with Crippen molar-refractivity contribution in [3.8, 4) is 0 Å². The van der Waals surface area contributed by atoms with E-state index in [9.17, 15) is 0 Å². The summed E-state index contributed by atoms with van der Waals surface area (Å²) in [5.41, 5.74) is 0. The Hall–Kier alpha value is -0.800. The average molecular weight is 252 g/mol. The van der Waals surface area contributed by atoms with Gasteiger partial charge < -0.3 is 9.73 Å². The highest BCUT2D eigenvalue weighted by molar-refractivity contribution is 4.98. The summed E-state index contributed by atoms with van der Waals surface area (Å²) in [7, 11) is 0. The minimum atomic E-state index is 0.543. The van der Waals surface area contributed by atoms with Crippen LogP contribution in [0.2, 0.25) is 0 Å². The third-order valence-electron chi connectivity index (χ3n) is 3.37. The molecule has 0 amide bonds. The Kier molecular flexibility index (Phi) is 7.78. The molecule has 1 aromatic heterocycles. The van der Waals surface area contributed by atoms with E-state index in [1.54, 1.807) is 6.26 Å². The van der Waals surface area contributed by atoms with E-state index in [4.69, 9.17) is 4.42 Å². The number of furan rings is 1. The standard InChI is InChI=1S/C15H28N2O/c1-4-6-7-10-16-12-14(3)17(5-2)13-15-9-8-11-18-15/h8-9,11,14,16H,4-7,10,12-13H2,1-3H3. The molecule has 0 bridgehead atoms. The maximum Gasteiger partial charge on any atom is 0.117 e. The molecular weight excluding hydrogens is 224 g/mol. The summed E-state index contributed by atoms with van der Waals surface area (Å²) < 4.78 is 5.41. The first kappa shape index (κ1) is 15.3. The van der Waals surface area contributed by atoms with Gasteiger partial charge in [-0.3, -0.25) is 4.90 Å². The smallest absolute Gasteiger partial charge is 0.117 e. The number of unbranched alkanes of at least 4 members (excludes halogenated alkanes) is 2. The molecule has 1 heterocycles. The highest BCUT2D eigenvalue weighted by Crippen LogP contribution is 2.08. The topological polar surface area (TPSA) is 28.4 Å². The van der Waals surface area contributed by atoms with Crippen molar-refractivity contribution in [2.75, 3.05) is 19.6 Å². The van der Waals surface area contributed by atoms with Crippen LogP contribution in [0.1, 0.15) is 45.8 Å². The minimum absolute atomic E-state index is 0.543. The van der Waals surface area contributed by atoms with Gasteiger partial charge in [-0.25, -0.2) is 0 Å². The van der Waals surface area contributed by atoms with Gasteiger partial charge in [0.2, 0.25) is 0 Å². The van der Waals surface area contributed by atoms with E-state index in [0.717, 1.165) is 31.9 Å². The highest BCUT2D eigenvalue weighted by Gasteiger charge is 2.13. The molecule has 0 spiro atoms. The van der Waals surface area contributed by atoms with Crippen LogP contribution in [0, 0.1) is 0 Å². The van der Waals surface area contributed by atoms with Gasteiger partial charge in [0.15, 0.2) is 0 Å². The third kappa shape index (κ3) is 5.69. The number of hydrogen-bond donors (Lipinski definition) is 1. The van der Waals surface area contributed by atoms with Gasteiger partial charge >= 0.3 is 0 Å². The Morgan fingerprint density at radius 2 is 2.17 bits per heavy atom. The lowest BCUT2D eigenvalue weighted by Gasteiger charge is -2.27. The van der Waals surface area contributed by atoms with E-state index in [1.807, 2.05) is 12.1 Å². The molecule has 1 atom stereocenters. The number of nitrogens with one attached hydrogen (secondary N) is 1. The van der Waals surface area contributed by atoms with Crippen molar-refractivity contribution in [3.05, 3.63) is 24.2 Å². The Bertz CT molecular complexity index is 285. The maximum atomic E-state index is 5.41. The Balaban J connectivity index is 2.22. The maximum absolute atomic E-state index is 5.41. The minimum Gasteiger partial charge on any atom is -0.468 e. The van der Waals surface area contributed by atoms with E-state index >= 15 is 0 Å². The predicted octanol–water partition coefficient (Wildman–Crippen LogP) is 3.27. The number of hydrogen-bond acceptors (Lipinski definition) is 3. The van der Waals surface area contributed by atoms with Gasteiger partial charge in [0.25, 0.3) is 0 Å². The molecule has 0 radical (unpaired) electrons. The van der Waals surface area contributed by atoms with Crippen molar-refractivity contribution >= 4 is 0 Å². The molecule has 1 unspecified atom stereocenters. The van der Waals surface area contributed by atoms with Crippen LogP contribution >= 0.6 is 0 Å². The first-order valence-corrected chi connectivity index (χ1v) is 7.25.